The van der Waals surface area contributed by atoms with Gasteiger partial charge in [-0.05, 0) is 38.5 Å². The zero-order valence-corrected chi connectivity index (χ0v) is 11.0. The lowest BCUT2D eigenvalue weighted by molar-refractivity contribution is -0.147. The minimum atomic E-state index is -0.853. The van der Waals surface area contributed by atoms with E-state index >= 15 is 0 Å². The van der Waals surface area contributed by atoms with Gasteiger partial charge in [0.2, 0.25) is 5.91 Å². The molecule has 2 rings (SSSR count). The van der Waals surface area contributed by atoms with E-state index in [1.54, 1.807) is 24.0 Å². The molecule has 1 aromatic rings. The largest absolute Gasteiger partial charge is 0.481 e. The van der Waals surface area contributed by atoms with Crippen molar-refractivity contribution in [2.45, 2.75) is 20.3 Å². The Morgan fingerprint density at radius 1 is 1.47 bits per heavy atom. The molecule has 1 aliphatic heterocycles. The van der Waals surface area contributed by atoms with E-state index in [1.165, 1.54) is 6.08 Å². The molecule has 5 heteroatoms. The number of amides is 1. The summed E-state index contributed by atoms with van der Waals surface area (Å²) in [5, 5.41) is 9.11. The average molecular weight is 263 g/mol. The maximum atomic E-state index is 11.9. The summed E-state index contributed by atoms with van der Waals surface area (Å²) in [7, 11) is 0. The second kappa shape index (κ2) is 4.91. The van der Waals surface area contributed by atoms with Crippen LogP contribution in [0.15, 0.2) is 22.6 Å². The van der Waals surface area contributed by atoms with Crippen molar-refractivity contribution in [1.29, 1.82) is 0 Å². The molecule has 0 saturated carbocycles. The number of carboxylic acids is 1. The van der Waals surface area contributed by atoms with Crippen molar-refractivity contribution < 1.29 is 19.1 Å². The number of rotatable bonds is 3. The lowest BCUT2D eigenvalue weighted by Crippen LogP contribution is -2.34. The van der Waals surface area contributed by atoms with Crippen LogP contribution in [0.1, 0.15) is 24.9 Å². The number of carbonyl (C=O) groups excluding carboxylic acids is 1. The van der Waals surface area contributed by atoms with Crippen molar-refractivity contribution in [1.82, 2.24) is 4.90 Å². The Morgan fingerprint density at radius 3 is 2.74 bits per heavy atom. The van der Waals surface area contributed by atoms with Gasteiger partial charge in [-0.1, -0.05) is 0 Å². The van der Waals surface area contributed by atoms with Crippen molar-refractivity contribution in [3.8, 4) is 0 Å². The molecule has 0 aliphatic carbocycles. The van der Waals surface area contributed by atoms with Crippen molar-refractivity contribution in [3.63, 3.8) is 0 Å². The maximum Gasteiger partial charge on any atom is 0.311 e. The molecule has 0 bridgehead atoms. The summed E-state index contributed by atoms with van der Waals surface area (Å²) in [5.41, 5.74) is -0.829. The molecule has 1 fully saturated rings. The van der Waals surface area contributed by atoms with Crippen LogP contribution >= 0.6 is 0 Å². The van der Waals surface area contributed by atoms with Gasteiger partial charge in [-0.15, -0.1) is 0 Å². The Hall–Kier alpha value is -2.04. The minimum Gasteiger partial charge on any atom is -0.481 e. The zero-order chi connectivity index (χ0) is 14.0. The normalized spacial score (nSPS) is 23.2. The molecule has 1 saturated heterocycles. The number of hydrogen-bond donors (Lipinski definition) is 1. The molecule has 1 aromatic heterocycles. The highest BCUT2D eigenvalue weighted by Crippen LogP contribution is 2.30. The van der Waals surface area contributed by atoms with Gasteiger partial charge in [0.25, 0.3) is 0 Å². The van der Waals surface area contributed by atoms with Crippen LogP contribution in [-0.2, 0) is 9.59 Å². The summed E-state index contributed by atoms with van der Waals surface area (Å²) in [6.45, 7) is 4.23. The van der Waals surface area contributed by atoms with Gasteiger partial charge < -0.3 is 14.4 Å². The second-order valence-electron chi connectivity index (χ2n) is 5.16. The van der Waals surface area contributed by atoms with Crippen LogP contribution in [-0.4, -0.2) is 35.0 Å². The van der Waals surface area contributed by atoms with Gasteiger partial charge >= 0.3 is 5.97 Å². The molecule has 1 aliphatic rings. The van der Waals surface area contributed by atoms with Crippen molar-refractivity contribution >= 4 is 18.0 Å². The fourth-order valence-corrected chi connectivity index (χ4v) is 2.13. The third kappa shape index (κ3) is 2.86. The molecule has 1 amide bonds. The van der Waals surface area contributed by atoms with E-state index in [1.807, 2.05) is 13.0 Å². The first-order chi connectivity index (χ1) is 8.90. The smallest absolute Gasteiger partial charge is 0.311 e. The molecule has 1 atom stereocenters. The molecule has 0 radical (unpaired) electrons. The van der Waals surface area contributed by atoms with E-state index in [9.17, 15) is 9.59 Å². The van der Waals surface area contributed by atoms with Crippen LogP contribution in [0, 0.1) is 12.3 Å². The summed E-state index contributed by atoms with van der Waals surface area (Å²) >= 11 is 0. The van der Waals surface area contributed by atoms with E-state index in [0.29, 0.717) is 18.7 Å². The highest BCUT2D eigenvalue weighted by atomic mass is 16.4. The molecule has 19 heavy (non-hydrogen) atoms. The van der Waals surface area contributed by atoms with Crippen LogP contribution < -0.4 is 0 Å². The highest BCUT2D eigenvalue weighted by Gasteiger charge is 2.41. The summed E-state index contributed by atoms with van der Waals surface area (Å²) in [6, 6.07) is 3.60. The summed E-state index contributed by atoms with van der Waals surface area (Å²) < 4.78 is 5.32. The van der Waals surface area contributed by atoms with Gasteiger partial charge in [-0.2, -0.15) is 0 Å². The number of carbonyl (C=O) groups is 2. The van der Waals surface area contributed by atoms with E-state index < -0.39 is 11.4 Å². The predicted octanol–water partition coefficient (Wildman–Crippen LogP) is 1.92. The Kier molecular flexibility index (Phi) is 3.46. The average Bonchev–Trinajstić information content (AvgIpc) is 2.94. The molecule has 0 unspecified atom stereocenters. The van der Waals surface area contributed by atoms with Crippen molar-refractivity contribution in [2.75, 3.05) is 13.1 Å². The third-order valence-corrected chi connectivity index (χ3v) is 3.45. The Morgan fingerprint density at radius 2 is 2.21 bits per heavy atom. The number of hydrogen-bond acceptors (Lipinski definition) is 3. The van der Waals surface area contributed by atoms with Gasteiger partial charge in [0.05, 0.1) is 5.41 Å². The Labute approximate surface area is 111 Å². The van der Waals surface area contributed by atoms with E-state index in [0.717, 1.165) is 5.76 Å². The topological polar surface area (TPSA) is 70.8 Å². The number of likely N-dealkylation sites (tertiary alicyclic amines) is 1. The van der Waals surface area contributed by atoms with Gasteiger partial charge in [0.15, 0.2) is 0 Å². The van der Waals surface area contributed by atoms with E-state index in [4.69, 9.17) is 9.52 Å². The second-order valence-corrected chi connectivity index (χ2v) is 5.16. The fourth-order valence-electron chi connectivity index (χ4n) is 2.13. The number of furan rings is 1. The molecule has 5 nitrogen and oxygen atoms in total. The lowest BCUT2D eigenvalue weighted by Gasteiger charge is -2.18. The first kappa shape index (κ1) is 13.4. The van der Waals surface area contributed by atoms with Crippen LogP contribution in [0.2, 0.25) is 0 Å². The highest BCUT2D eigenvalue weighted by molar-refractivity contribution is 5.92. The standard InChI is InChI=1S/C14H17NO4/c1-10-3-4-11(19-10)5-6-12(16)15-8-7-14(2,9-15)13(17)18/h3-6H,7-9H2,1-2H3,(H,17,18)/b6-5+/t14-/m1/s1. The SMILES string of the molecule is Cc1ccc(/C=C/C(=O)N2CC[C@@](C)(C(=O)O)C2)o1. The molecule has 0 aromatic carbocycles. The number of nitrogens with zero attached hydrogens (tertiary/aromatic N) is 1. The van der Waals surface area contributed by atoms with Crippen molar-refractivity contribution in [3.05, 3.63) is 29.7 Å². The zero-order valence-electron chi connectivity index (χ0n) is 11.0. The lowest BCUT2D eigenvalue weighted by atomic mass is 9.90. The van der Waals surface area contributed by atoms with Crippen LogP contribution in [0.4, 0.5) is 0 Å². The van der Waals surface area contributed by atoms with Crippen molar-refractivity contribution in [2.24, 2.45) is 5.41 Å². The fraction of sp³-hybridized carbons (Fsp3) is 0.429. The molecule has 2 heterocycles. The van der Waals surface area contributed by atoms with Gasteiger partial charge in [0.1, 0.15) is 11.5 Å². The first-order valence-corrected chi connectivity index (χ1v) is 6.17. The molecule has 102 valence electrons. The summed E-state index contributed by atoms with van der Waals surface area (Å²) in [6.07, 6.45) is 3.51. The molecular weight excluding hydrogens is 246 g/mol. The summed E-state index contributed by atoms with van der Waals surface area (Å²) in [5.74, 6) is 0.366. The van der Waals surface area contributed by atoms with Crippen LogP contribution in [0.25, 0.3) is 6.08 Å². The molecule has 1 N–H and O–H groups in total. The number of aliphatic carboxylic acids is 1. The van der Waals surface area contributed by atoms with E-state index in [2.05, 4.69) is 0 Å². The molecular formula is C14H17NO4. The quantitative estimate of drug-likeness (QED) is 0.846. The monoisotopic (exact) mass is 263 g/mol. The number of aryl methyl sites for hydroxylation is 1. The number of carboxylic acid groups (broad SMARTS) is 1. The molecule has 0 spiro atoms. The maximum absolute atomic E-state index is 11.9. The third-order valence-electron chi connectivity index (χ3n) is 3.45. The first-order valence-electron chi connectivity index (χ1n) is 6.17. The minimum absolute atomic E-state index is 0.181. The predicted molar refractivity (Wildman–Crippen MR) is 69.4 cm³/mol. The van der Waals surface area contributed by atoms with Crippen LogP contribution in [0.3, 0.4) is 0 Å². The summed E-state index contributed by atoms with van der Waals surface area (Å²) in [4.78, 5) is 24.6. The van der Waals surface area contributed by atoms with Gasteiger partial charge in [-0.25, -0.2) is 0 Å². The Bertz CT molecular complexity index is 531. The Balaban J connectivity index is 1.99. The van der Waals surface area contributed by atoms with Gasteiger partial charge in [-0.3, -0.25) is 9.59 Å². The van der Waals surface area contributed by atoms with E-state index in [-0.39, 0.29) is 12.5 Å². The van der Waals surface area contributed by atoms with Crippen LogP contribution in [0.5, 0.6) is 0 Å². The van der Waals surface area contributed by atoms with Gasteiger partial charge in [0, 0.05) is 19.2 Å².